The van der Waals surface area contributed by atoms with Gasteiger partial charge in [0.25, 0.3) is 0 Å². The molecule has 0 radical (unpaired) electrons. The van der Waals surface area contributed by atoms with E-state index in [2.05, 4.69) is 15.3 Å². The van der Waals surface area contributed by atoms with Crippen LogP contribution in [0, 0.1) is 17.8 Å². The molecule has 3 aliphatic rings. The van der Waals surface area contributed by atoms with Crippen molar-refractivity contribution < 1.29 is 38.5 Å². The molecule has 1 unspecified atom stereocenters. The van der Waals surface area contributed by atoms with Gasteiger partial charge >= 0.3 is 12.1 Å². The van der Waals surface area contributed by atoms with Crippen LogP contribution in [0.4, 0.5) is 4.79 Å². The quantitative estimate of drug-likeness (QED) is 0.303. The van der Waals surface area contributed by atoms with E-state index in [4.69, 9.17) is 25.8 Å². The minimum atomic E-state index is -1.45. The van der Waals surface area contributed by atoms with Crippen molar-refractivity contribution in [3.05, 3.63) is 41.6 Å². The van der Waals surface area contributed by atoms with Gasteiger partial charge in [0.1, 0.15) is 29.0 Å². The normalized spacial score (nSPS) is 28.9. The van der Waals surface area contributed by atoms with Gasteiger partial charge in [-0.05, 0) is 64.5 Å². The number of nitrogens with zero attached hydrogens (tertiary/aromatic N) is 3. The molecule has 1 aromatic carbocycles. The first-order valence-corrected chi connectivity index (χ1v) is 16.7. The molecule has 5 rings (SSSR count). The molecule has 48 heavy (non-hydrogen) atoms. The van der Waals surface area contributed by atoms with Gasteiger partial charge in [0.15, 0.2) is 0 Å². The van der Waals surface area contributed by atoms with Gasteiger partial charge < -0.3 is 29.5 Å². The van der Waals surface area contributed by atoms with Crippen LogP contribution in [0.5, 0.6) is 11.6 Å². The standard InChI is InChI=1S/C35H43ClN4O8/c1-20-11-8-6-7-9-12-21-16-35(21,32(43)44)39-29(41)26-15-22(19-40(26)31(42)24(20)17-38-33(45)48-34(2,3)4)47-30-23-13-10-14-25(36)28(23)27(46-5)18-37-30/h9-10,12-14,17-18,20-22,24,26H,6-8,11,15-16,19H2,1-5H3,(H,39,41)(H,43,44)/b12-9-,38-17+/t20-,21-,22-,24?,26+,35-/m1/s1. The molecule has 1 saturated heterocycles. The Morgan fingerprint density at radius 2 is 2.00 bits per heavy atom. The van der Waals surface area contributed by atoms with Crippen molar-refractivity contribution in [3.8, 4) is 11.6 Å². The zero-order valence-corrected chi connectivity index (χ0v) is 28.7. The molecule has 1 saturated carbocycles. The van der Waals surface area contributed by atoms with Gasteiger partial charge in [0, 0.05) is 29.3 Å². The molecule has 0 bridgehead atoms. The number of halogens is 1. The number of methoxy groups -OCH3 is 1. The van der Waals surface area contributed by atoms with Gasteiger partial charge in [-0.1, -0.05) is 43.2 Å². The molecular weight excluding hydrogens is 640 g/mol. The number of carboxylic acids is 1. The summed E-state index contributed by atoms with van der Waals surface area (Å²) in [7, 11) is 1.51. The summed E-state index contributed by atoms with van der Waals surface area (Å²) < 4.78 is 17.2. The minimum absolute atomic E-state index is 0.0135. The maximum atomic E-state index is 14.4. The maximum absolute atomic E-state index is 14.4. The predicted molar refractivity (Wildman–Crippen MR) is 179 cm³/mol. The summed E-state index contributed by atoms with van der Waals surface area (Å²) in [6, 6.07) is 4.23. The maximum Gasteiger partial charge on any atom is 0.433 e. The third-order valence-corrected chi connectivity index (χ3v) is 9.47. The van der Waals surface area contributed by atoms with Crippen LogP contribution in [0.15, 0.2) is 41.5 Å². The number of carboxylic acid groups (broad SMARTS) is 1. The molecule has 13 heteroatoms. The summed E-state index contributed by atoms with van der Waals surface area (Å²) >= 11 is 6.50. The van der Waals surface area contributed by atoms with Crippen molar-refractivity contribution in [2.24, 2.45) is 22.7 Å². The number of rotatable bonds is 5. The highest BCUT2D eigenvalue weighted by atomic mass is 35.5. The number of fused-ring (bicyclic) bond motifs is 3. The van der Waals surface area contributed by atoms with Crippen LogP contribution in [-0.4, -0.2) is 82.0 Å². The van der Waals surface area contributed by atoms with E-state index < -0.39 is 53.1 Å². The third-order valence-electron chi connectivity index (χ3n) is 9.16. The van der Waals surface area contributed by atoms with E-state index in [1.807, 2.05) is 19.1 Å². The lowest BCUT2D eigenvalue weighted by Crippen LogP contribution is -2.54. The van der Waals surface area contributed by atoms with E-state index in [1.165, 1.54) is 24.4 Å². The van der Waals surface area contributed by atoms with Gasteiger partial charge in [-0.25, -0.2) is 14.6 Å². The summed E-state index contributed by atoms with van der Waals surface area (Å²) in [4.78, 5) is 63.2. The SMILES string of the molecule is COc1cnc(O[C@@H]2C[C@H]3C(=O)N[C@]4(C(=O)O)C[C@H]4/C=C\CCCC[C@@H](C)C(/C=N/C(=O)OC(C)(C)C)C(=O)N3C2)c2cccc(Cl)c12. The van der Waals surface area contributed by atoms with Crippen molar-refractivity contribution in [3.63, 3.8) is 0 Å². The largest absolute Gasteiger partial charge is 0.494 e. The molecule has 2 N–H and O–H groups in total. The molecule has 2 fully saturated rings. The molecule has 2 aromatic rings. The zero-order valence-electron chi connectivity index (χ0n) is 27.9. The van der Waals surface area contributed by atoms with E-state index in [-0.39, 0.29) is 37.1 Å². The molecular formula is C35H43ClN4O8. The number of aliphatic imine (C=N–C) groups is 1. The monoisotopic (exact) mass is 682 g/mol. The second-order valence-corrected chi connectivity index (χ2v) is 14.2. The molecule has 0 spiro atoms. The molecule has 1 aliphatic carbocycles. The number of hydrogen-bond acceptors (Lipinski definition) is 8. The number of pyridine rings is 1. The fourth-order valence-electron chi connectivity index (χ4n) is 6.50. The van der Waals surface area contributed by atoms with E-state index >= 15 is 0 Å². The molecule has 3 amide bonds. The molecule has 6 atom stereocenters. The van der Waals surface area contributed by atoms with E-state index in [0.717, 1.165) is 19.3 Å². The lowest BCUT2D eigenvalue weighted by atomic mass is 9.88. The van der Waals surface area contributed by atoms with Crippen LogP contribution in [0.2, 0.25) is 5.02 Å². The molecule has 2 aliphatic heterocycles. The number of hydrogen-bond donors (Lipinski definition) is 2. The van der Waals surface area contributed by atoms with Crippen LogP contribution in [-0.2, 0) is 19.1 Å². The van der Waals surface area contributed by atoms with Gasteiger partial charge in [0.05, 0.1) is 30.8 Å². The second-order valence-electron chi connectivity index (χ2n) is 13.8. The number of nitrogens with one attached hydrogen (secondary N) is 1. The first kappa shape index (κ1) is 35.1. The van der Waals surface area contributed by atoms with E-state index in [0.29, 0.717) is 28.0 Å². The number of aromatic nitrogens is 1. The Kier molecular flexibility index (Phi) is 10.3. The Bertz CT molecular complexity index is 1640. The summed E-state index contributed by atoms with van der Waals surface area (Å²) in [6.45, 7) is 7.11. The lowest BCUT2D eigenvalue weighted by molar-refractivity contribution is -0.145. The van der Waals surface area contributed by atoms with Gasteiger partial charge in [-0.2, -0.15) is 4.99 Å². The fourth-order valence-corrected chi connectivity index (χ4v) is 6.76. The van der Waals surface area contributed by atoms with Gasteiger partial charge in [0.2, 0.25) is 17.7 Å². The number of benzene rings is 1. The highest BCUT2D eigenvalue weighted by Crippen LogP contribution is 2.45. The number of carbonyl (C=O) groups is 4. The van der Waals surface area contributed by atoms with Gasteiger partial charge in [-0.3, -0.25) is 9.59 Å². The molecule has 1 aromatic heterocycles. The summed E-state index contributed by atoms with van der Waals surface area (Å²) in [6.07, 6.45) is 8.52. The first-order valence-electron chi connectivity index (χ1n) is 16.3. The summed E-state index contributed by atoms with van der Waals surface area (Å²) in [5.74, 6) is -2.85. The Hall–Kier alpha value is -4.19. The number of aliphatic carboxylic acids is 1. The predicted octanol–water partition coefficient (Wildman–Crippen LogP) is 5.59. The number of ether oxygens (including phenoxy) is 3. The van der Waals surface area contributed by atoms with Crippen LogP contribution < -0.4 is 14.8 Å². The Balaban J connectivity index is 1.49. The first-order chi connectivity index (χ1) is 22.7. The highest BCUT2D eigenvalue weighted by molar-refractivity contribution is 6.36. The Morgan fingerprint density at radius 3 is 2.71 bits per heavy atom. The van der Waals surface area contributed by atoms with Crippen molar-refractivity contribution in [1.82, 2.24) is 15.2 Å². The van der Waals surface area contributed by atoms with Crippen LogP contribution in [0.3, 0.4) is 0 Å². The van der Waals surface area contributed by atoms with Crippen LogP contribution in [0.1, 0.15) is 66.2 Å². The molecule has 12 nitrogen and oxygen atoms in total. The molecule has 3 heterocycles. The Labute approximate surface area is 284 Å². The average molecular weight is 683 g/mol. The second kappa shape index (κ2) is 14.1. The van der Waals surface area contributed by atoms with Crippen molar-refractivity contribution in [2.45, 2.75) is 89.5 Å². The van der Waals surface area contributed by atoms with E-state index in [1.54, 1.807) is 39.0 Å². The summed E-state index contributed by atoms with van der Waals surface area (Å²) in [5, 5.41) is 14.6. The zero-order chi connectivity index (χ0) is 34.8. The lowest BCUT2D eigenvalue weighted by Gasteiger charge is -2.30. The van der Waals surface area contributed by atoms with Crippen molar-refractivity contribution >= 4 is 52.5 Å². The topological polar surface area (TPSA) is 157 Å². The van der Waals surface area contributed by atoms with E-state index in [9.17, 15) is 24.3 Å². The van der Waals surface area contributed by atoms with Gasteiger partial charge in [-0.15, -0.1) is 0 Å². The van der Waals surface area contributed by atoms with Crippen molar-refractivity contribution in [2.75, 3.05) is 13.7 Å². The summed E-state index contributed by atoms with van der Waals surface area (Å²) in [5.41, 5.74) is -2.22. The smallest absolute Gasteiger partial charge is 0.433 e. The number of allylic oxidation sites excluding steroid dienone is 1. The average Bonchev–Trinajstić information content (AvgIpc) is 3.55. The minimum Gasteiger partial charge on any atom is -0.494 e. The van der Waals surface area contributed by atoms with Crippen molar-refractivity contribution in [1.29, 1.82) is 0 Å². The third kappa shape index (κ3) is 7.59. The number of carbonyl (C=O) groups excluding carboxylic acids is 3. The van der Waals surface area contributed by atoms with Crippen LogP contribution in [0.25, 0.3) is 10.8 Å². The molecule has 258 valence electrons. The highest BCUT2D eigenvalue weighted by Gasteiger charge is 2.61. The fraction of sp³-hybridized carbons (Fsp3) is 0.543. The van der Waals surface area contributed by atoms with Crippen LogP contribution >= 0.6 is 11.6 Å². The number of amides is 3. The Morgan fingerprint density at radius 1 is 1.23 bits per heavy atom.